The molecule has 0 unspecified atom stereocenters. The van der Waals surface area contributed by atoms with Gasteiger partial charge in [-0.15, -0.1) is 11.8 Å². The van der Waals surface area contributed by atoms with E-state index in [1.807, 2.05) is 35.2 Å². The first-order chi connectivity index (χ1) is 9.74. The number of hydrogen-bond donors (Lipinski definition) is 1. The van der Waals surface area contributed by atoms with Crippen molar-refractivity contribution in [3.63, 3.8) is 0 Å². The van der Waals surface area contributed by atoms with Gasteiger partial charge in [-0.25, -0.2) is 0 Å². The van der Waals surface area contributed by atoms with Crippen molar-refractivity contribution in [2.45, 2.75) is 17.7 Å². The second-order valence-electron chi connectivity index (χ2n) is 4.70. The van der Waals surface area contributed by atoms with Crippen molar-refractivity contribution in [2.75, 3.05) is 22.9 Å². The van der Waals surface area contributed by atoms with Crippen molar-refractivity contribution in [1.82, 2.24) is 0 Å². The summed E-state index contributed by atoms with van der Waals surface area (Å²) in [6, 6.07) is 9.48. The highest BCUT2D eigenvalue weighted by atomic mass is 32.2. The molecule has 20 heavy (non-hydrogen) atoms. The highest BCUT2D eigenvalue weighted by molar-refractivity contribution is 7.99. The first kappa shape index (κ1) is 13.1. The van der Waals surface area contributed by atoms with E-state index >= 15 is 0 Å². The van der Waals surface area contributed by atoms with E-state index in [0.29, 0.717) is 18.5 Å². The van der Waals surface area contributed by atoms with Gasteiger partial charge in [0.2, 0.25) is 5.91 Å². The fourth-order valence-corrected chi connectivity index (χ4v) is 3.29. The van der Waals surface area contributed by atoms with Crippen molar-refractivity contribution in [2.24, 2.45) is 0 Å². The molecule has 1 aromatic carbocycles. The summed E-state index contributed by atoms with van der Waals surface area (Å²) < 4.78 is 5.26. The van der Waals surface area contributed by atoms with Gasteiger partial charge in [0, 0.05) is 35.7 Å². The lowest BCUT2D eigenvalue weighted by Crippen LogP contribution is -2.35. The second-order valence-corrected chi connectivity index (χ2v) is 5.84. The SMILES string of the molecule is Nc1ccc2c(c1)N(C(=O)CCc1ccco1)CCS2. The molecular weight excluding hydrogens is 272 g/mol. The van der Waals surface area contributed by atoms with E-state index in [2.05, 4.69) is 0 Å². The lowest BCUT2D eigenvalue weighted by atomic mass is 10.2. The fourth-order valence-electron chi connectivity index (χ4n) is 2.31. The van der Waals surface area contributed by atoms with E-state index in [-0.39, 0.29) is 5.91 Å². The molecule has 0 bridgehead atoms. The number of nitrogens with two attached hydrogens (primary N) is 1. The number of hydrogen-bond acceptors (Lipinski definition) is 4. The number of thioether (sulfide) groups is 1. The Balaban J connectivity index is 1.74. The largest absolute Gasteiger partial charge is 0.469 e. The summed E-state index contributed by atoms with van der Waals surface area (Å²) in [6.45, 7) is 0.734. The number of furan rings is 1. The van der Waals surface area contributed by atoms with E-state index in [9.17, 15) is 4.79 Å². The Kier molecular flexibility index (Phi) is 3.69. The maximum atomic E-state index is 12.4. The van der Waals surface area contributed by atoms with Gasteiger partial charge in [-0.1, -0.05) is 0 Å². The normalized spacial score (nSPS) is 14.1. The lowest BCUT2D eigenvalue weighted by molar-refractivity contribution is -0.118. The molecule has 0 saturated heterocycles. The summed E-state index contributed by atoms with van der Waals surface area (Å²) in [5, 5.41) is 0. The Bertz CT molecular complexity index is 610. The van der Waals surface area contributed by atoms with Gasteiger partial charge in [-0.2, -0.15) is 0 Å². The number of benzene rings is 1. The van der Waals surface area contributed by atoms with Crippen LogP contribution >= 0.6 is 11.8 Å². The number of rotatable bonds is 3. The first-order valence-electron chi connectivity index (χ1n) is 6.59. The van der Waals surface area contributed by atoms with Crippen LogP contribution in [0.5, 0.6) is 0 Å². The van der Waals surface area contributed by atoms with Crippen LogP contribution in [0.25, 0.3) is 0 Å². The average molecular weight is 288 g/mol. The number of amides is 1. The van der Waals surface area contributed by atoms with Gasteiger partial charge >= 0.3 is 0 Å². The summed E-state index contributed by atoms with van der Waals surface area (Å²) in [6.07, 6.45) is 2.72. The fraction of sp³-hybridized carbons (Fsp3) is 0.267. The van der Waals surface area contributed by atoms with Crippen LogP contribution in [0.2, 0.25) is 0 Å². The molecular formula is C15H16N2O2S. The molecule has 2 aromatic rings. The third kappa shape index (κ3) is 2.67. The Morgan fingerprint density at radius 3 is 3.10 bits per heavy atom. The smallest absolute Gasteiger partial charge is 0.227 e. The van der Waals surface area contributed by atoms with Crippen LogP contribution in [0.4, 0.5) is 11.4 Å². The summed E-state index contributed by atoms with van der Waals surface area (Å²) in [7, 11) is 0. The molecule has 0 aliphatic carbocycles. The molecule has 0 saturated carbocycles. The number of carbonyl (C=O) groups is 1. The molecule has 104 valence electrons. The predicted octanol–water partition coefficient (Wildman–Crippen LogP) is 2.93. The Morgan fingerprint density at radius 2 is 2.30 bits per heavy atom. The Hall–Kier alpha value is -1.88. The third-order valence-electron chi connectivity index (χ3n) is 3.31. The monoisotopic (exact) mass is 288 g/mol. The number of nitrogen functional groups attached to an aromatic ring is 1. The van der Waals surface area contributed by atoms with E-state index in [0.717, 1.165) is 28.6 Å². The molecule has 0 spiro atoms. The van der Waals surface area contributed by atoms with E-state index < -0.39 is 0 Å². The van der Waals surface area contributed by atoms with Gasteiger partial charge in [-0.05, 0) is 30.3 Å². The van der Waals surface area contributed by atoms with Gasteiger partial charge in [0.05, 0.1) is 12.0 Å². The molecule has 1 aliphatic heterocycles. The second kappa shape index (κ2) is 5.63. The van der Waals surface area contributed by atoms with E-state index in [1.54, 1.807) is 18.0 Å². The summed E-state index contributed by atoms with van der Waals surface area (Å²) in [4.78, 5) is 15.4. The number of aryl methyl sites for hydroxylation is 1. The zero-order valence-electron chi connectivity index (χ0n) is 11.0. The van der Waals surface area contributed by atoms with Crippen LogP contribution in [-0.2, 0) is 11.2 Å². The third-order valence-corrected chi connectivity index (χ3v) is 4.36. The zero-order valence-corrected chi connectivity index (χ0v) is 11.9. The minimum atomic E-state index is 0.119. The van der Waals surface area contributed by atoms with Crippen LogP contribution in [0, 0.1) is 0 Å². The van der Waals surface area contributed by atoms with Crippen molar-refractivity contribution in [3.8, 4) is 0 Å². The quantitative estimate of drug-likeness (QED) is 0.882. The predicted molar refractivity (Wildman–Crippen MR) is 81.0 cm³/mol. The zero-order chi connectivity index (χ0) is 13.9. The molecule has 0 fully saturated rings. The summed E-state index contributed by atoms with van der Waals surface area (Å²) in [5.74, 6) is 1.88. The Labute approximate surface area is 121 Å². The maximum absolute atomic E-state index is 12.4. The van der Waals surface area contributed by atoms with Crippen LogP contribution < -0.4 is 10.6 Å². The number of carbonyl (C=O) groups excluding carboxylic acids is 1. The maximum Gasteiger partial charge on any atom is 0.227 e. The number of nitrogens with zero attached hydrogens (tertiary/aromatic N) is 1. The molecule has 5 heteroatoms. The first-order valence-corrected chi connectivity index (χ1v) is 7.57. The van der Waals surface area contributed by atoms with Crippen LogP contribution in [0.3, 0.4) is 0 Å². The molecule has 1 aromatic heterocycles. The minimum Gasteiger partial charge on any atom is -0.469 e. The van der Waals surface area contributed by atoms with Gasteiger partial charge < -0.3 is 15.1 Å². The lowest BCUT2D eigenvalue weighted by Gasteiger charge is -2.29. The van der Waals surface area contributed by atoms with Gasteiger partial charge in [0.1, 0.15) is 5.76 Å². The van der Waals surface area contributed by atoms with Crippen LogP contribution in [0.1, 0.15) is 12.2 Å². The van der Waals surface area contributed by atoms with Crippen molar-refractivity contribution >= 4 is 29.0 Å². The number of anilines is 2. The topological polar surface area (TPSA) is 59.5 Å². The average Bonchev–Trinajstić information content (AvgIpc) is 2.97. The van der Waals surface area contributed by atoms with E-state index in [4.69, 9.17) is 10.2 Å². The highest BCUT2D eigenvalue weighted by Gasteiger charge is 2.23. The van der Waals surface area contributed by atoms with Crippen molar-refractivity contribution in [3.05, 3.63) is 42.4 Å². The molecule has 4 nitrogen and oxygen atoms in total. The molecule has 0 radical (unpaired) electrons. The molecule has 3 rings (SSSR count). The molecule has 2 heterocycles. The highest BCUT2D eigenvalue weighted by Crippen LogP contribution is 2.36. The summed E-state index contributed by atoms with van der Waals surface area (Å²) in [5.41, 5.74) is 7.46. The van der Waals surface area contributed by atoms with E-state index in [1.165, 1.54) is 0 Å². The van der Waals surface area contributed by atoms with Gasteiger partial charge in [-0.3, -0.25) is 4.79 Å². The molecule has 2 N–H and O–H groups in total. The van der Waals surface area contributed by atoms with Gasteiger partial charge in [0.25, 0.3) is 0 Å². The van der Waals surface area contributed by atoms with Crippen molar-refractivity contribution in [1.29, 1.82) is 0 Å². The summed E-state index contributed by atoms with van der Waals surface area (Å²) >= 11 is 1.77. The molecule has 1 aliphatic rings. The van der Waals surface area contributed by atoms with Crippen molar-refractivity contribution < 1.29 is 9.21 Å². The standard InChI is InChI=1S/C15H16N2O2S/c16-11-3-5-14-13(10-11)17(7-9-20-14)15(18)6-4-12-2-1-8-19-12/h1-3,5,8,10H,4,6-7,9,16H2. The van der Waals surface area contributed by atoms with Crippen LogP contribution in [-0.4, -0.2) is 18.2 Å². The Morgan fingerprint density at radius 1 is 1.40 bits per heavy atom. The molecule has 0 atom stereocenters. The minimum absolute atomic E-state index is 0.119. The van der Waals surface area contributed by atoms with Crippen LogP contribution in [0.15, 0.2) is 45.9 Å². The number of fused-ring (bicyclic) bond motifs is 1. The molecule has 1 amide bonds. The van der Waals surface area contributed by atoms with Gasteiger partial charge in [0.15, 0.2) is 0 Å².